The molecule has 2 aromatic carbocycles. The number of carbonyl (C=O) groups is 2. The minimum atomic E-state index is -0.944. The van der Waals surface area contributed by atoms with Crippen LogP contribution in [0.15, 0.2) is 53.9 Å². The number of carboxylic acid groups (broad SMARTS) is 1. The van der Waals surface area contributed by atoms with Gasteiger partial charge in [-0.2, -0.15) is 0 Å². The number of hydrogen-bond acceptors (Lipinski definition) is 6. The Kier molecular flexibility index (Phi) is 6.48. The molecule has 2 N–H and O–H groups in total. The zero-order valence-electron chi connectivity index (χ0n) is 13.6. The van der Waals surface area contributed by atoms with Crippen molar-refractivity contribution in [3.63, 3.8) is 0 Å². The van der Waals surface area contributed by atoms with Crippen LogP contribution in [0.3, 0.4) is 0 Å². The predicted octanol–water partition coefficient (Wildman–Crippen LogP) is 4.62. The molecule has 0 radical (unpaired) electrons. The van der Waals surface area contributed by atoms with E-state index in [1.165, 1.54) is 18.4 Å². The lowest BCUT2D eigenvalue weighted by Gasteiger charge is -2.06. The Morgan fingerprint density at radius 2 is 1.62 bits per heavy atom. The van der Waals surface area contributed by atoms with Crippen LogP contribution in [0, 0.1) is 0 Å². The molecular formula is C18H15BrN2O4S. The van der Waals surface area contributed by atoms with Crippen molar-refractivity contribution in [2.75, 3.05) is 12.4 Å². The molecule has 134 valence electrons. The summed E-state index contributed by atoms with van der Waals surface area (Å²) >= 11 is 1.31. The number of aromatic nitrogens is 1. The van der Waals surface area contributed by atoms with Gasteiger partial charge in [-0.15, -0.1) is 28.3 Å². The van der Waals surface area contributed by atoms with Crippen molar-refractivity contribution in [2.24, 2.45) is 0 Å². The average Bonchev–Trinajstić information content (AvgIpc) is 3.10. The van der Waals surface area contributed by atoms with Gasteiger partial charge in [-0.3, -0.25) is 0 Å². The Morgan fingerprint density at radius 3 is 2.15 bits per heavy atom. The van der Waals surface area contributed by atoms with Crippen LogP contribution in [0.25, 0.3) is 11.1 Å². The molecule has 6 nitrogen and oxygen atoms in total. The Labute approximate surface area is 164 Å². The molecule has 1 heterocycles. The largest absolute Gasteiger partial charge is 0.478 e. The molecular weight excluding hydrogens is 420 g/mol. The molecule has 8 heteroatoms. The highest BCUT2D eigenvalue weighted by Crippen LogP contribution is 2.25. The summed E-state index contributed by atoms with van der Waals surface area (Å²) in [5, 5.41) is 14.3. The number of carboxylic acids is 1. The molecule has 0 spiro atoms. The normalized spacial score (nSPS) is 9.88. The summed E-state index contributed by atoms with van der Waals surface area (Å²) in [5.41, 5.74) is 3.25. The first-order chi connectivity index (χ1) is 12.1. The number of aromatic carboxylic acids is 1. The van der Waals surface area contributed by atoms with Crippen LogP contribution in [-0.2, 0) is 4.74 Å². The lowest BCUT2D eigenvalue weighted by atomic mass is 10.0. The topological polar surface area (TPSA) is 88.5 Å². The van der Waals surface area contributed by atoms with Crippen LogP contribution in [0.5, 0.6) is 0 Å². The highest BCUT2D eigenvalue weighted by molar-refractivity contribution is 8.93. The molecule has 0 aliphatic carbocycles. The first-order valence-corrected chi connectivity index (χ1v) is 8.19. The van der Waals surface area contributed by atoms with Gasteiger partial charge in [-0.05, 0) is 35.4 Å². The van der Waals surface area contributed by atoms with Crippen molar-refractivity contribution in [3.05, 3.63) is 65.2 Å². The number of esters is 1. The molecule has 3 aromatic rings. The molecule has 26 heavy (non-hydrogen) atoms. The lowest BCUT2D eigenvalue weighted by Crippen LogP contribution is -2.01. The molecule has 0 unspecified atom stereocenters. The highest BCUT2D eigenvalue weighted by Gasteiger charge is 2.10. The van der Waals surface area contributed by atoms with Gasteiger partial charge in [0.05, 0.1) is 12.7 Å². The zero-order chi connectivity index (χ0) is 17.8. The predicted molar refractivity (Wildman–Crippen MR) is 106 cm³/mol. The van der Waals surface area contributed by atoms with Crippen molar-refractivity contribution >= 4 is 51.1 Å². The number of ether oxygens (including phenoxy) is 1. The summed E-state index contributed by atoms with van der Waals surface area (Å²) in [5.74, 6) is -1.41. The third kappa shape index (κ3) is 4.47. The van der Waals surface area contributed by atoms with Gasteiger partial charge >= 0.3 is 11.9 Å². The van der Waals surface area contributed by atoms with Crippen molar-refractivity contribution < 1.29 is 19.4 Å². The van der Waals surface area contributed by atoms with Crippen LogP contribution in [0.2, 0.25) is 0 Å². The standard InChI is InChI=1S/C18H14N2O4S.BrH/c1-24-17(23)15-10-25-18(20-15)19-14-8-6-12(7-9-14)11-2-4-13(5-3-11)16(21)22;/h2-10H,1H3,(H,19,20)(H,21,22);1H. The molecule has 0 fully saturated rings. The monoisotopic (exact) mass is 434 g/mol. The van der Waals surface area contributed by atoms with Gasteiger partial charge in [-0.1, -0.05) is 24.3 Å². The minimum absolute atomic E-state index is 0. The van der Waals surface area contributed by atoms with Crippen LogP contribution in [-0.4, -0.2) is 29.1 Å². The van der Waals surface area contributed by atoms with Gasteiger partial charge < -0.3 is 15.2 Å². The summed E-state index contributed by atoms with van der Waals surface area (Å²) in [7, 11) is 1.32. The highest BCUT2D eigenvalue weighted by atomic mass is 79.9. The molecule has 1 aromatic heterocycles. The SMILES string of the molecule is Br.COC(=O)c1csc(Nc2ccc(-c3ccc(C(=O)O)cc3)cc2)n1. The van der Waals surface area contributed by atoms with Crippen LogP contribution < -0.4 is 5.32 Å². The average molecular weight is 435 g/mol. The van der Waals surface area contributed by atoms with E-state index in [2.05, 4.69) is 15.0 Å². The van der Waals surface area contributed by atoms with E-state index in [0.717, 1.165) is 16.8 Å². The number of nitrogens with zero attached hydrogens (tertiary/aromatic N) is 1. The van der Waals surface area contributed by atoms with E-state index in [1.807, 2.05) is 24.3 Å². The molecule has 3 rings (SSSR count). The summed E-state index contributed by atoms with van der Waals surface area (Å²) in [4.78, 5) is 26.5. The van der Waals surface area contributed by atoms with Crippen molar-refractivity contribution in [1.29, 1.82) is 0 Å². The second-order valence-corrected chi connectivity index (χ2v) is 5.97. The fourth-order valence-electron chi connectivity index (χ4n) is 2.20. The third-order valence-corrected chi connectivity index (χ3v) is 4.26. The molecule has 0 amide bonds. The van der Waals surface area contributed by atoms with Crippen LogP contribution in [0.4, 0.5) is 10.8 Å². The van der Waals surface area contributed by atoms with Crippen LogP contribution >= 0.6 is 28.3 Å². The van der Waals surface area contributed by atoms with E-state index in [0.29, 0.717) is 5.13 Å². The molecule has 0 aliphatic heterocycles. The lowest BCUT2D eigenvalue weighted by molar-refractivity contribution is 0.0594. The second kappa shape index (κ2) is 8.59. The number of nitrogens with one attached hydrogen (secondary N) is 1. The summed E-state index contributed by atoms with van der Waals surface area (Å²) in [6.07, 6.45) is 0. The van der Waals surface area contributed by atoms with E-state index in [-0.39, 0.29) is 28.2 Å². The number of hydrogen-bond donors (Lipinski definition) is 2. The Balaban J connectivity index is 0.00000243. The molecule has 0 bridgehead atoms. The fraction of sp³-hybridized carbons (Fsp3) is 0.0556. The Hall–Kier alpha value is -2.71. The minimum Gasteiger partial charge on any atom is -0.478 e. The van der Waals surface area contributed by atoms with E-state index in [1.54, 1.807) is 29.6 Å². The third-order valence-electron chi connectivity index (χ3n) is 3.50. The van der Waals surface area contributed by atoms with Crippen molar-refractivity contribution in [3.8, 4) is 11.1 Å². The number of benzene rings is 2. The number of methoxy groups -OCH3 is 1. The van der Waals surface area contributed by atoms with Gasteiger partial charge in [0, 0.05) is 11.1 Å². The first-order valence-electron chi connectivity index (χ1n) is 7.31. The molecule has 0 atom stereocenters. The molecule has 0 aliphatic rings. The van der Waals surface area contributed by atoms with Crippen molar-refractivity contribution in [1.82, 2.24) is 4.98 Å². The number of carbonyl (C=O) groups excluding carboxylic acids is 1. The molecule has 0 saturated heterocycles. The summed E-state index contributed by atoms with van der Waals surface area (Å²) in [6.45, 7) is 0. The van der Waals surface area contributed by atoms with E-state index in [9.17, 15) is 9.59 Å². The van der Waals surface area contributed by atoms with Crippen molar-refractivity contribution in [2.45, 2.75) is 0 Å². The fourth-order valence-corrected chi connectivity index (χ4v) is 2.90. The maximum Gasteiger partial charge on any atom is 0.357 e. The molecule has 0 saturated carbocycles. The number of thiazole rings is 1. The van der Waals surface area contributed by atoms with Gasteiger partial charge in [0.1, 0.15) is 0 Å². The quantitative estimate of drug-likeness (QED) is 0.569. The first kappa shape index (κ1) is 19.6. The van der Waals surface area contributed by atoms with Gasteiger partial charge in [0.15, 0.2) is 10.8 Å². The Morgan fingerprint density at radius 1 is 1.04 bits per heavy atom. The van der Waals surface area contributed by atoms with Gasteiger partial charge in [-0.25, -0.2) is 14.6 Å². The number of rotatable bonds is 5. The smallest absolute Gasteiger partial charge is 0.357 e. The van der Waals surface area contributed by atoms with E-state index in [4.69, 9.17) is 5.11 Å². The second-order valence-electron chi connectivity index (χ2n) is 5.11. The van der Waals surface area contributed by atoms with Gasteiger partial charge in [0.2, 0.25) is 0 Å². The summed E-state index contributed by atoms with van der Waals surface area (Å²) in [6, 6.07) is 14.3. The van der Waals surface area contributed by atoms with Gasteiger partial charge in [0.25, 0.3) is 0 Å². The van der Waals surface area contributed by atoms with E-state index >= 15 is 0 Å². The zero-order valence-corrected chi connectivity index (χ0v) is 16.2. The van der Waals surface area contributed by atoms with Crippen LogP contribution in [0.1, 0.15) is 20.8 Å². The Bertz CT molecular complexity index is 908. The maximum absolute atomic E-state index is 11.4. The van der Waals surface area contributed by atoms with E-state index < -0.39 is 11.9 Å². The number of halogens is 1. The number of anilines is 2. The summed E-state index contributed by atoms with van der Waals surface area (Å²) < 4.78 is 4.63. The maximum atomic E-state index is 11.4.